The summed E-state index contributed by atoms with van der Waals surface area (Å²) in [4.78, 5) is 10.6. The van der Waals surface area contributed by atoms with Gasteiger partial charge < -0.3 is 15.5 Å². The maximum absolute atomic E-state index is 10.6. The van der Waals surface area contributed by atoms with Crippen molar-refractivity contribution in [1.29, 1.82) is 0 Å². The molecule has 0 rings (SSSR count). The lowest BCUT2D eigenvalue weighted by atomic mass is 10.1. The fourth-order valence-corrected chi connectivity index (χ4v) is 0.546. The van der Waals surface area contributed by atoms with Crippen LogP contribution < -0.4 is 5.32 Å². The standard InChI is InChI=1S/C6H13NO3/c1-3-4(8)5(9)6(10)7-2/h4-5,8-9H,3H2,1-2H3,(H,7,10). The van der Waals surface area contributed by atoms with Crippen molar-refractivity contribution in [2.75, 3.05) is 7.05 Å². The first-order valence-corrected chi connectivity index (χ1v) is 3.21. The van der Waals surface area contributed by atoms with E-state index in [4.69, 9.17) is 10.2 Å². The van der Waals surface area contributed by atoms with Crippen LogP contribution in [0.4, 0.5) is 0 Å². The minimum atomic E-state index is -1.30. The van der Waals surface area contributed by atoms with E-state index in [2.05, 4.69) is 5.32 Å². The van der Waals surface area contributed by atoms with E-state index >= 15 is 0 Å². The third-order valence-corrected chi connectivity index (χ3v) is 1.30. The molecule has 4 heteroatoms. The van der Waals surface area contributed by atoms with Crippen LogP contribution in [0.15, 0.2) is 0 Å². The van der Waals surface area contributed by atoms with Crippen LogP contribution in [0, 0.1) is 0 Å². The number of carbonyl (C=O) groups excluding carboxylic acids is 1. The molecule has 0 aromatic carbocycles. The Bertz CT molecular complexity index is 116. The van der Waals surface area contributed by atoms with Gasteiger partial charge in [0.15, 0.2) is 6.10 Å². The second-order valence-electron chi connectivity index (χ2n) is 2.03. The molecule has 0 aliphatic carbocycles. The van der Waals surface area contributed by atoms with Crippen molar-refractivity contribution < 1.29 is 15.0 Å². The van der Waals surface area contributed by atoms with Crippen LogP contribution in [-0.4, -0.2) is 35.4 Å². The van der Waals surface area contributed by atoms with Crippen LogP contribution in [0.5, 0.6) is 0 Å². The summed E-state index contributed by atoms with van der Waals surface area (Å²) in [6.45, 7) is 1.69. The van der Waals surface area contributed by atoms with Crippen molar-refractivity contribution in [3.63, 3.8) is 0 Å². The highest BCUT2D eigenvalue weighted by Gasteiger charge is 2.20. The Morgan fingerprint density at radius 2 is 2.10 bits per heavy atom. The van der Waals surface area contributed by atoms with Gasteiger partial charge in [-0.2, -0.15) is 0 Å². The lowest BCUT2D eigenvalue weighted by Gasteiger charge is -2.13. The summed E-state index contributed by atoms with van der Waals surface area (Å²) >= 11 is 0. The van der Waals surface area contributed by atoms with Gasteiger partial charge in [-0.3, -0.25) is 4.79 Å². The van der Waals surface area contributed by atoms with E-state index in [0.29, 0.717) is 6.42 Å². The summed E-state index contributed by atoms with van der Waals surface area (Å²) in [6, 6.07) is 0. The predicted octanol–water partition coefficient (Wildman–Crippen LogP) is -1.14. The monoisotopic (exact) mass is 147 g/mol. The Morgan fingerprint density at radius 1 is 1.60 bits per heavy atom. The minimum absolute atomic E-state index is 0.370. The number of aliphatic hydroxyl groups is 2. The summed E-state index contributed by atoms with van der Waals surface area (Å²) < 4.78 is 0. The number of likely N-dealkylation sites (N-methyl/N-ethyl adjacent to an activating group) is 1. The van der Waals surface area contributed by atoms with Gasteiger partial charge in [-0.15, -0.1) is 0 Å². The van der Waals surface area contributed by atoms with Gasteiger partial charge >= 0.3 is 0 Å². The number of carbonyl (C=O) groups is 1. The highest BCUT2D eigenvalue weighted by atomic mass is 16.3. The summed E-state index contributed by atoms with van der Waals surface area (Å²) in [6.07, 6.45) is -1.89. The minimum Gasteiger partial charge on any atom is -0.390 e. The molecule has 0 aromatic heterocycles. The normalized spacial score (nSPS) is 16.0. The smallest absolute Gasteiger partial charge is 0.251 e. The molecule has 2 unspecified atom stereocenters. The Morgan fingerprint density at radius 3 is 2.40 bits per heavy atom. The van der Waals surface area contributed by atoms with Crippen LogP contribution in [0.2, 0.25) is 0 Å². The number of nitrogens with one attached hydrogen (secondary N) is 1. The summed E-state index contributed by atoms with van der Waals surface area (Å²) in [5.41, 5.74) is 0. The fraction of sp³-hybridized carbons (Fsp3) is 0.833. The van der Waals surface area contributed by atoms with E-state index in [-0.39, 0.29) is 0 Å². The molecule has 0 heterocycles. The van der Waals surface area contributed by atoms with Gasteiger partial charge in [-0.1, -0.05) is 6.92 Å². The second-order valence-corrected chi connectivity index (χ2v) is 2.03. The maximum atomic E-state index is 10.6. The number of rotatable bonds is 3. The zero-order valence-electron chi connectivity index (χ0n) is 6.16. The predicted molar refractivity (Wildman–Crippen MR) is 36.4 cm³/mol. The van der Waals surface area contributed by atoms with E-state index < -0.39 is 18.1 Å². The highest BCUT2D eigenvalue weighted by molar-refractivity contribution is 5.80. The summed E-state index contributed by atoms with van der Waals surface area (Å²) in [5, 5.41) is 20.1. The first-order valence-electron chi connectivity index (χ1n) is 3.21. The molecule has 4 nitrogen and oxygen atoms in total. The van der Waals surface area contributed by atoms with Crippen LogP contribution in [0.1, 0.15) is 13.3 Å². The van der Waals surface area contributed by atoms with E-state index in [0.717, 1.165) is 0 Å². The van der Waals surface area contributed by atoms with Crippen molar-refractivity contribution in [3.8, 4) is 0 Å². The van der Waals surface area contributed by atoms with Gasteiger partial charge in [0.25, 0.3) is 5.91 Å². The van der Waals surface area contributed by atoms with E-state index in [1.165, 1.54) is 7.05 Å². The van der Waals surface area contributed by atoms with E-state index in [1.54, 1.807) is 6.92 Å². The fourth-order valence-electron chi connectivity index (χ4n) is 0.546. The molecule has 2 atom stereocenters. The number of amides is 1. The van der Waals surface area contributed by atoms with Crippen molar-refractivity contribution in [3.05, 3.63) is 0 Å². The second kappa shape index (κ2) is 4.24. The van der Waals surface area contributed by atoms with Gasteiger partial charge in [0.2, 0.25) is 0 Å². The molecular formula is C6H13NO3. The number of aliphatic hydroxyl groups excluding tert-OH is 2. The number of hydrogen-bond donors (Lipinski definition) is 3. The zero-order chi connectivity index (χ0) is 8.15. The summed E-state index contributed by atoms with van der Waals surface area (Å²) in [5.74, 6) is -0.547. The average Bonchev–Trinajstić information content (AvgIpc) is 2.00. The molecule has 0 aliphatic rings. The third-order valence-electron chi connectivity index (χ3n) is 1.30. The van der Waals surface area contributed by atoms with Gasteiger partial charge in [0.05, 0.1) is 6.10 Å². The molecule has 60 valence electrons. The average molecular weight is 147 g/mol. The number of hydrogen-bond acceptors (Lipinski definition) is 3. The third kappa shape index (κ3) is 2.33. The van der Waals surface area contributed by atoms with Gasteiger partial charge in [0.1, 0.15) is 0 Å². The van der Waals surface area contributed by atoms with Crippen LogP contribution >= 0.6 is 0 Å². The Kier molecular flexibility index (Phi) is 3.99. The van der Waals surface area contributed by atoms with Crippen molar-refractivity contribution >= 4 is 5.91 Å². The Hall–Kier alpha value is -0.610. The lowest BCUT2D eigenvalue weighted by molar-refractivity contribution is -0.134. The Labute approximate surface area is 59.9 Å². The molecule has 0 aliphatic heterocycles. The van der Waals surface area contributed by atoms with Gasteiger partial charge in [-0.05, 0) is 6.42 Å². The van der Waals surface area contributed by atoms with E-state index in [1.807, 2.05) is 0 Å². The van der Waals surface area contributed by atoms with Crippen LogP contribution in [0.3, 0.4) is 0 Å². The van der Waals surface area contributed by atoms with Crippen LogP contribution in [-0.2, 0) is 4.79 Å². The SMILES string of the molecule is CCC(O)C(O)C(=O)NC. The molecule has 0 fully saturated rings. The topological polar surface area (TPSA) is 69.6 Å². The van der Waals surface area contributed by atoms with Crippen LogP contribution in [0.25, 0.3) is 0 Å². The maximum Gasteiger partial charge on any atom is 0.251 e. The molecule has 0 aromatic rings. The molecule has 10 heavy (non-hydrogen) atoms. The van der Waals surface area contributed by atoms with Crippen molar-refractivity contribution in [2.24, 2.45) is 0 Å². The molecule has 0 bridgehead atoms. The van der Waals surface area contributed by atoms with Crippen molar-refractivity contribution in [1.82, 2.24) is 5.32 Å². The Balaban J connectivity index is 3.81. The lowest BCUT2D eigenvalue weighted by Crippen LogP contribution is -2.40. The van der Waals surface area contributed by atoms with Gasteiger partial charge in [-0.25, -0.2) is 0 Å². The van der Waals surface area contributed by atoms with Crippen molar-refractivity contribution in [2.45, 2.75) is 25.6 Å². The molecule has 1 amide bonds. The van der Waals surface area contributed by atoms with E-state index in [9.17, 15) is 4.79 Å². The molecule has 0 saturated carbocycles. The molecule has 0 radical (unpaired) electrons. The molecule has 0 saturated heterocycles. The molecule has 0 spiro atoms. The molecule has 3 N–H and O–H groups in total. The quantitative estimate of drug-likeness (QED) is 0.473. The zero-order valence-corrected chi connectivity index (χ0v) is 6.16. The van der Waals surface area contributed by atoms with Gasteiger partial charge in [0, 0.05) is 7.05 Å². The largest absolute Gasteiger partial charge is 0.390 e. The summed E-state index contributed by atoms with van der Waals surface area (Å²) in [7, 11) is 1.41. The first-order chi connectivity index (χ1) is 4.63. The highest BCUT2D eigenvalue weighted by Crippen LogP contribution is 1.96. The molecular weight excluding hydrogens is 134 g/mol. The first kappa shape index (κ1) is 9.39.